The van der Waals surface area contributed by atoms with E-state index in [1.807, 2.05) is 0 Å². The number of anilines is 4. The molecule has 13 heteroatoms. The van der Waals surface area contributed by atoms with Crippen LogP contribution in [0.15, 0.2) is 132 Å². The predicted octanol–water partition coefficient (Wildman–Crippen LogP) is 6.03. The summed E-state index contributed by atoms with van der Waals surface area (Å²) < 4.78 is 56.6. The lowest BCUT2D eigenvalue weighted by molar-refractivity contribution is 0.262. The van der Waals surface area contributed by atoms with E-state index in [0.29, 0.717) is 33.5 Å². The topological polar surface area (TPSA) is 159 Å². The number of nitrogens with one attached hydrogen (secondary N) is 4. The van der Waals surface area contributed by atoms with Crippen LogP contribution in [0, 0.1) is 0 Å². The molecule has 0 spiro atoms. The molecule has 2 aromatic heterocycles. The first-order chi connectivity index (χ1) is 21.1. The third-order valence-electron chi connectivity index (χ3n) is 6.59. The minimum atomic E-state index is -3.86. The van der Waals surface area contributed by atoms with Gasteiger partial charge in [-0.25, -0.2) is 21.6 Å². The number of amides is 2. The Morgan fingerprint density at radius 1 is 0.500 bits per heavy atom. The highest BCUT2D eigenvalue weighted by molar-refractivity contribution is 7.93. The molecule has 0 bridgehead atoms. The second kappa shape index (κ2) is 11.6. The number of carbonyl (C=O) groups excluding carboxylic acids is 1. The first-order valence-corrected chi connectivity index (χ1v) is 16.1. The van der Waals surface area contributed by atoms with Crippen LogP contribution >= 0.6 is 0 Å². The van der Waals surface area contributed by atoms with E-state index in [1.54, 1.807) is 85.2 Å². The van der Waals surface area contributed by atoms with E-state index in [1.165, 1.54) is 36.7 Å². The van der Waals surface area contributed by atoms with Crippen molar-refractivity contribution in [1.29, 1.82) is 0 Å². The fourth-order valence-corrected chi connectivity index (χ4v) is 6.66. The number of benzene rings is 4. The summed E-state index contributed by atoms with van der Waals surface area (Å²) in [6.45, 7) is 0. The molecule has 0 saturated carbocycles. The van der Waals surface area contributed by atoms with Crippen LogP contribution in [0.25, 0.3) is 21.5 Å². The van der Waals surface area contributed by atoms with Crippen LogP contribution in [-0.2, 0) is 20.0 Å². The number of rotatable bonds is 8. The summed E-state index contributed by atoms with van der Waals surface area (Å²) >= 11 is 0. The van der Waals surface area contributed by atoms with Gasteiger partial charge in [-0.2, -0.15) is 0 Å². The molecule has 0 unspecified atom stereocenters. The van der Waals surface area contributed by atoms with Gasteiger partial charge in [-0.1, -0.05) is 24.3 Å². The zero-order valence-electron chi connectivity index (χ0n) is 22.8. The largest absolute Gasteiger partial charge is 0.323 e. The van der Waals surface area contributed by atoms with E-state index in [-0.39, 0.29) is 9.79 Å². The third-order valence-corrected chi connectivity index (χ3v) is 9.35. The number of carbonyl (C=O) groups is 1. The van der Waals surface area contributed by atoms with Gasteiger partial charge < -0.3 is 10.6 Å². The fraction of sp³-hybridized carbons (Fsp3) is 0. The molecule has 11 nitrogen and oxygen atoms in total. The summed E-state index contributed by atoms with van der Waals surface area (Å²) in [5.74, 6) is 0. The molecular weight excluding hydrogens is 601 g/mol. The van der Waals surface area contributed by atoms with Crippen molar-refractivity contribution in [1.82, 2.24) is 9.97 Å². The van der Waals surface area contributed by atoms with E-state index in [0.717, 1.165) is 10.8 Å². The zero-order valence-corrected chi connectivity index (χ0v) is 24.4. The van der Waals surface area contributed by atoms with Gasteiger partial charge in [-0.15, -0.1) is 0 Å². The Morgan fingerprint density at radius 3 is 1.34 bits per heavy atom. The Labute approximate surface area is 253 Å². The predicted molar refractivity (Wildman–Crippen MR) is 171 cm³/mol. The molecule has 6 rings (SSSR count). The number of hydrogen-bond acceptors (Lipinski definition) is 7. The lowest BCUT2D eigenvalue weighted by Crippen LogP contribution is -2.19. The molecule has 0 aliphatic rings. The maximum Gasteiger partial charge on any atom is 0.323 e. The van der Waals surface area contributed by atoms with E-state index < -0.39 is 26.1 Å². The number of fused-ring (bicyclic) bond motifs is 2. The normalized spacial score (nSPS) is 11.6. The molecule has 2 amide bonds. The Hall–Kier alpha value is -5.53. The lowest BCUT2D eigenvalue weighted by Gasteiger charge is -2.12. The van der Waals surface area contributed by atoms with Gasteiger partial charge in [0.15, 0.2) is 0 Å². The highest BCUT2D eigenvalue weighted by Crippen LogP contribution is 2.26. The van der Waals surface area contributed by atoms with Crippen molar-refractivity contribution in [3.05, 3.63) is 122 Å². The van der Waals surface area contributed by atoms with Crippen molar-refractivity contribution in [2.24, 2.45) is 0 Å². The summed E-state index contributed by atoms with van der Waals surface area (Å²) in [6, 6.07) is 25.7. The van der Waals surface area contributed by atoms with E-state index >= 15 is 0 Å². The van der Waals surface area contributed by atoms with Crippen LogP contribution in [0.5, 0.6) is 0 Å². The second-order valence-corrected chi connectivity index (χ2v) is 13.1. The van der Waals surface area contributed by atoms with Gasteiger partial charge in [0.05, 0.1) is 33.6 Å². The average Bonchev–Trinajstić information content (AvgIpc) is 3.01. The minimum Gasteiger partial charge on any atom is -0.308 e. The molecular formula is C31H24N6O5S2. The SMILES string of the molecule is O=C(Nc1ccc2ccc(S(=O)(=O)Nc3cccnc3)cc2c1)Nc1ccc2ccc(S(=O)(=O)Nc3cccnc3)cc2c1. The van der Waals surface area contributed by atoms with Gasteiger partial charge in [0.2, 0.25) is 0 Å². The average molecular weight is 625 g/mol. The summed E-state index contributed by atoms with van der Waals surface area (Å²) in [5, 5.41) is 8.30. The van der Waals surface area contributed by atoms with Crippen molar-refractivity contribution >= 4 is 70.4 Å². The summed E-state index contributed by atoms with van der Waals surface area (Å²) in [4.78, 5) is 20.8. The van der Waals surface area contributed by atoms with Crippen LogP contribution < -0.4 is 20.1 Å². The number of aromatic nitrogens is 2. The fourth-order valence-electron chi connectivity index (χ4n) is 4.51. The molecule has 220 valence electrons. The Balaban J connectivity index is 1.18. The lowest BCUT2D eigenvalue weighted by atomic mass is 10.1. The van der Waals surface area contributed by atoms with E-state index in [9.17, 15) is 21.6 Å². The molecule has 4 N–H and O–H groups in total. The Kier molecular flexibility index (Phi) is 7.55. The molecule has 0 fully saturated rings. The van der Waals surface area contributed by atoms with Crippen LogP contribution in [-0.4, -0.2) is 32.8 Å². The van der Waals surface area contributed by atoms with Crippen molar-refractivity contribution in [2.75, 3.05) is 20.1 Å². The number of hydrogen-bond donors (Lipinski definition) is 4. The summed E-state index contributed by atoms with van der Waals surface area (Å²) in [7, 11) is -7.72. The van der Waals surface area contributed by atoms with Crippen molar-refractivity contribution in [3.63, 3.8) is 0 Å². The van der Waals surface area contributed by atoms with E-state index in [4.69, 9.17) is 0 Å². The van der Waals surface area contributed by atoms with Crippen molar-refractivity contribution < 1.29 is 21.6 Å². The quantitative estimate of drug-likeness (QED) is 0.161. The monoisotopic (exact) mass is 624 g/mol. The summed E-state index contributed by atoms with van der Waals surface area (Å²) in [6.07, 6.45) is 5.92. The standard InChI is InChI=1S/C31H24N6O5S2/c38-31(34-25-9-5-21-7-11-29(17-23(21)15-25)43(39,40)36-27-3-1-13-32-19-27)35-26-10-6-22-8-12-30(18-24(22)16-26)44(41,42)37-28-4-2-14-33-20-28/h1-20,36-37H,(H2,34,35,38). The molecule has 0 aliphatic heterocycles. The van der Waals surface area contributed by atoms with E-state index in [2.05, 4.69) is 30.0 Å². The summed E-state index contributed by atoms with van der Waals surface area (Å²) in [5.41, 5.74) is 1.57. The van der Waals surface area contributed by atoms with Gasteiger partial charge in [0, 0.05) is 23.8 Å². The van der Waals surface area contributed by atoms with Gasteiger partial charge in [-0.3, -0.25) is 19.4 Å². The van der Waals surface area contributed by atoms with Crippen LogP contribution in [0.3, 0.4) is 0 Å². The zero-order chi connectivity index (χ0) is 30.7. The molecule has 2 heterocycles. The van der Waals surface area contributed by atoms with Gasteiger partial charge >= 0.3 is 6.03 Å². The number of pyridine rings is 2. The first kappa shape index (κ1) is 28.6. The van der Waals surface area contributed by atoms with Crippen LogP contribution in [0.4, 0.5) is 27.5 Å². The maximum atomic E-state index is 12.9. The van der Waals surface area contributed by atoms with Gasteiger partial charge in [0.25, 0.3) is 20.0 Å². The third kappa shape index (κ3) is 6.43. The second-order valence-electron chi connectivity index (χ2n) is 9.72. The Morgan fingerprint density at radius 2 is 0.932 bits per heavy atom. The maximum absolute atomic E-state index is 12.9. The van der Waals surface area contributed by atoms with Crippen LogP contribution in [0.2, 0.25) is 0 Å². The molecule has 0 saturated heterocycles. The molecule has 0 aliphatic carbocycles. The minimum absolute atomic E-state index is 0.0589. The smallest absolute Gasteiger partial charge is 0.308 e. The highest BCUT2D eigenvalue weighted by Gasteiger charge is 2.17. The highest BCUT2D eigenvalue weighted by atomic mass is 32.2. The van der Waals surface area contributed by atoms with Gasteiger partial charge in [0.1, 0.15) is 0 Å². The first-order valence-electron chi connectivity index (χ1n) is 13.2. The van der Waals surface area contributed by atoms with Gasteiger partial charge in [-0.05, 0) is 94.3 Å². The molecule has 4 aromatic carbocycles. The van der Waals surface area contributed by atoms with Crippen LogP contribution in [0.1, 0.15) is 0 Å². The molecule has 0 atom stereocenters. The number of urea groups is 1. The molecule has 44 heavy (non-hydrogen) atoms. The number of sulfonamides is 2. The molecule has 6 aromatic rings. The van der Waals surface area contributed by atoms with Crippen molar-refractivity contribution in [2.45, 2.75) is 9.79 Å². The van der Waals surface area contributed by atoms with Crippen molar-refractivity contribution in [3.8, 4) is 0 Å². The Bertz CT molecular complexity index is 2070. The number of nitrogens with zero attached hydrogens (tertiary/aromatic N) is 2. The molecule has 0 radical (unpaired) electrons.